The largest absolute Gasteiger partial charge is 0.370 e. The van der Waals surface area contributed by atoms with Gasteiger partial charge in [-0.2, -0.15) is 0 Å². The van der Waals surface area contributed by atoms with Gasteiger partial charge in [-0.05, 0) is 35.6 Å². The van der Waals surface area contributed by atoms with E-state index in [9.17, 15) is 10.1 Å². The average Bonchev–Trinajstić information content (AvgIpc) is 2.87. The van der Waals surface area contributed by atoms with Crippen LogP contribution >= 0.6 is 0 Å². The monoisotopic (exact) mass is 248 g/mol. The Morgan fingerprint density at radius 3 is 2.61 bits per heavy atom. The molecule has 1 aliphatic heterocycles. The molecule has 1 aliphatic rings. The number of nitro benzene ring substituents is 1. The minimum Gasteiger partial charge on any atom is -0.370 e. The quantitative estimate of drug-likeness (QED) is 0.597. The highest BCUT2D eigenvalue weighted by molar-refractivity contribution is 5.93. The zero-order chi connectivity index (χ0) is 12.5. The summed E-state index contributed by atoms with van der Waals surface area (Å²) in [5.74, 6) is 0. The summed E-state index contributed by atoms with van der Waals surface area (Å²) in [5, 5.41) is 18.3. The summed E-state index contributed by atoms with van der Waals surface area (Å²) in [6.07, 6.45) is 3.48. The van der Waals surface area contributed by atoms with Gasteiger partial charge in [0.15, 0.2) is 5.52 Å². The van der Waals surface area contributed by atoms with E-state index in [-0.39, 0.29) is 11.2 Å². The Hall–Kier alpha value is -2.18. The van der Waals surface area contributed by atoms with E-state index in [1.807, 2.05) is 0 Å². The molecule has 0 amide bonds. The van der Waals surface area contributed by atoms with Crippen LogP contribution < -0.4 is 4.90 Å². The highest BCUT2D eigenvalue weighted by Crippen LogP contribution is 2.32. The normalized spacial score (nSPS) is 16.1. The van der Waals surface area contributed by atoms with Crippen LogP contribution in [0.2, 0.25) is 0 Å². The second-order valence-corrected chi connectivity index (χ2v) is 4.37. The Labute approximate surface area is 102 Å². The molecule has 1 aromatic carbocycles. The molecule has 2 heterocycles. The topological polar surface area (TPSA) is 85.3 Å². The van der Waals surface area contributed by atoms with Crippen molar-refractivity contribution >= 4 is 22.4 Å². The molecule has 0 bridgehead atoms. The summed E-state index contributed by atoms with van der Waals surface area (Å²) in [6.45, 7) is 1.89. The number of anilines is 1. The molecule has 1 aromatic heterocycles. The van der Waals surface area contributed by atoms with Gasteiger partial charge < -0.3 is 4.90 Å². The van der Waals surface area contributed by atoms with Crippen LogP contribution in [0.25, 0.3) is 11.0 Å². The van der Waals surface area contributed by atoms with Crippen LogP contribution in [-0.2, 0) is 0 Å². The molecule has 3 rings (SSSR count). The maximum absolute atomic E-state index is 10.9. The van der Waals surface area contributed by atoms with Crippen molar-refractivity contribution in [2.24, 2.45) is 0 Å². The van der Waals surface area contributed by atoms with Crippen molar-refractivity contribution < 1.29 is 9.55 Å². The van der Waals surface area contributed by atoms with Crippen molar-refractivity contribution in [3.8, 4) is 0 Å². The minimum absolute atomic E-state index is 0.0630. The highest BCUT2D eigenvalue weighted by Gasteiger charge is 2.22. The molecule has 2 aromatic rings. The molecule has 0 spiro atoms. The third kappa shape index (κ3) is 1.68. The number of non-ortho nitro benzene ring substituents is 1. The Bertz CT molecular complexity index is 589. The van der Waals surface area contributed by atoms with Gasteiger partial charge in [0.25, 0.3) is 0 Å². The van der Waals surface area contributed by atoms with Crippen molar-refractivity contribution in [2.75, 3.05) is 18.0 Å². The Morgan fingerprint density at radius 2 is 1.89 bits per heavy atom. The van der Waals surface area contributed by atoms with Gasteiger partial charge in [-0.3, -0.25) is 10.1 Å². The number of nitrogens with zero attached hydrogens (tertiary/aromatic N) is 4. The van der Waals surface area contributed by atoms with E-state index in [4.69, 9.17) is 0 Å². The van der Waals surface area contributed by atoms with Crippen molar-refractivity contribution in [1.29, 1.82) is 0 Å². The van der Waals surface area contributed by atoms with E-state index < -0.39 is 4.92 Å². The first-order valence-corrected chi connectivity index (χ1v) is 5.92. The summed E-state index contributed by atoms with van der Waals surface area (Å²) < 4.78 is 4.66. The maximum Gasteiger partial charge on any atom is 0.300 e. The van der Waals surface area contributed by atoms with E-state index in [1.165, 1.54) is 12.5 Å². The Balaban J connectivity index is 2.10. The Kier molecular flexibility index (Phi) is 2.58. The summed E-state index contributed by atoms with van der Waals surface area (Å²) in [5.41, 5.74) is 1.51. The third-order valence-electron chi connectivity index (χ3n) is 3.27. The molecule has 1 fully saturated rings. The lowest BCUT2D eigenvalue weighted by molar-refractivity contribution is -0.383. The summed E-state index contributed by atoms with van der Waals surface area (Å²) in [7, 11) is 0. The molecular formula is C11H12N4O3. The SMILES string of the molecule is O=[N+]([O-])c1ccc(N2CCCCC2)c2nonc12. The number of aromatic nitrogens is 2. The van der Waals surface area contributed by atoms with Gasteiger partial charge in [-0.15, -0.1) is 0 Å². The van der Waals surface area contributed by atoms with Crippen LogP contribution in [0.3, 0.4) is 0 Å². The van der Waals surface area contributed by atoms with Crippen molar-refractivity contribution in [1.82, 2.24) is 10.3 Å². The summed E-state index contributed by atoms with van der Waals surface area (Å²) >= 11 is 0. The van der Waals surface area contributed by atoms with E-state index in [0.29, 0.717) is 5.52 Å². The fourth-order valence-electron chi connectivity index (χ4n) is 2.38. The standard InChI is InChI=1S/C11H12N4O3/c16-15(17)9-5-4-8(10-11(9)13-18-12-10)14-6-2-1-3-7-14/h4-5H,1-3,6-7H2. The van der Waals surface area contributed by atoms with E-state index in [0.717, 1.165) is 31.6 Å². The van der Waals surface area contributed by atoms with Gasteiger partial charge in [0.05, 0.1) is 10.6 Å². The number of fused-ring (bicyclic) bond motifs is 1. The summed E-state index contributed by atoms with van der Waals surface area (Å²) in [6, 6.07) is 3.20. The van der Waals surface area contributed by atoms with Crippen LogP contribution in [0, 0.1) is 10.1 Å². The Morgan fingerprint density at radius 1 is 1.17 bits per heavy atom. The molecule has 0 saturated carbocycles. The molecule has 7 nitrogen and oxygen atoms in total. The van der Waals surface area contributed by atoms with Gasteiger partial charge in [0, 0.05) is 19.2 Å². The van der Waals surface area contributed by atoms with Crippen LogP contribution in [-0.4, -0.2) is 28.3 Å². The highest BCUT2D eigenvalue weighted by atomic mass is 16.6. The smallest absolute Gasteiger partial charge is 0.300 e. The number of hydrogen-bond acceptors (Lipinski definition) is 6. The first-order chi connectivity index (χ1) is 8.77. The molecule has 0 unspecified atom stereocenters. The van der Waals surface area contributed by atoms with E-state index in [1.54, 1.807) is 6.07 Å². The molecular weight excluding hydrogens is 236 g/mol. The first kappa shape index (κ1) is 10.9. The lowest BCUT2D eigenvalue weighted by Gasteiger charge is -2.28. The average molecular weight is 248 g/mol. The van der Waals surface area contributed by atoms with Crippen LogP contribution in [0.4, 0.5) is 11.4 Å². The number of rotatable bonds is 2. The lowest BCUT2D eigenvalue weighted by atomic mass is 10.1. The second-order valence-electron chi connectivity index (χ2n) is 4.37. The number of piperidine rings is 1. The van der Waals surface area contributed by atoms with Gasteiger partial charge >= 0.3 is 5.69 Å². The fourth-order valence-corrected chi connectivity index (χ4v) is 2.38. The zero-order valence-corrected chi connectivity index (χ0v) is 9.70. The summed E-state index contributed by atoms with van der Waals surface area (Å²) in [4.78, 5) is 12.6. The van der Waals surface area contributed by atoms with Crippen LogP contribution in [0.5, 0.6) is 0 Å². The molecule has 0 radical (unpaired) electrons. The molecule has 1 saturated heterocycles. The predicted molar refractivity (Wildman–Crippen MR) is 64.5 cm³/mol. The third-order valence-corrected chi connectivity index (χ3v) is 3.27. The van der Waals surface area contributed by atoms with Crippen molar-refractivity contribution in [3.05, 3.63) is 22.2 Å². The van der Waals surface area contributed by atoms with Gasteiger partial charge in [-0.25, -0.2) is 4.63 Å². The minimum atomic E-state index is -0.466. The van der Waals surface area contributed by atoms with Crippen molar-refractivity contribution in [3.63, 3.8) is 0 Å². The van der Waals surface area contributed by atoms with Gasteiger partial charge in [0.2, 0.25) is 5.52 Å². The lowest BCUT2D eigenvalue weighted by Crippen LogP contribution is -2.29. The molecule has 0 aliphatic carbocycles. The molecule has 94 valence electrons. The zero-order valence-electron chi connectivity index (χ0n) is 9.70. The number of nitro groups is 1. The van der Waals surface area contributed by atoms with E-state index >= 15 is 0 Å². The second kappa shape index (κ2) is 4.25. The predicted octanol–water partition coefficient (Wildman–Crippen LogP) is 2.12. The molecule has 0 atom stereocenters. The van der Waals surface area contributed by atoms with Crippen LogP contribution in [0.15, 0.2) is 16.8 Å². The van der Waals surface area contributed by atoms with Gasteiger partial charge in [-0.1, -0.05) is 0 Å². The fraction of sp³-hybridized carbons (Fsp3) is 0.455. The number of benzene rings is 1. The first-order valence-electron chi connectivity index (χ1n) is 5.92. The van der Waals surface area contributed by atoms with Crippen LogP contribution in [0.1, 0.15) is 19.3 Å². The molecule has 0 N–H and O–H groups in total. The van der Waals surface area contributed by atoms with Crippen molar-refractivity contribution in [2.45, 2.75) is 19.3 Å². The number of hydrogen-bond donors (Lipinski definition) is 0. The van der Waals surface area contributed by atoms with E-state index in [2.05, 4.69) is 19.8 Å². The van der Waals surface area contributed by atoms with Gasteiger partial charge in [0.1, 0.15) is 0 Å². The molecule has 7 heteroatoms. The maximum atomic E-state index is 10.9. The molecule has 18 heavy (non-hydrogen) atoms.